The van der Waals surface area contributed by atoms with E-state index in [4.69, 9.17) is 67.1 Å². The number of thiol groups is 1. The Bertz CT molecular complexity index is 819. The maximum Gasteiger partial charge on any atom is 0.273 e. The van der Waals surface area contributed by atoms with Gasteiger partial charge in [0, 0.05) is 39.3 Å². The van der Waals surface area contributed by atoms with Gasteiger partial charge in [-0.05, 0) is 137 Å². The average Bonchev–Trinajstić information content (AvgIpc) is 3.11. The molecule has 0 aromatic heterocycles. The van der Waals surface area contributed by atoms with Crippen molar-refractivity contribution in [1.82, 2.24) is 14.7 Å². The molecule has 0 saturated heterocycles. The molecule has 0 unspecified atom stereocenters. The Labute approximate surface area is 394 Å². The number of methoxy groups -OCH3 is 1. The Hall–Kier alpha value is -1.73. The zero-order valence-corrected chi connectivity index (χ0v) is 43.1. The molecule has 0 bridgehead atoms. The summed E-state index contributed by atoms with van der Waals surface area (Å²) >= 11 is 26.8. The van der Waals surface area contributed by atoms with Gasteiger partial charge in [0.2, 0.25) is 0 Å². The number of carbonyl (C=O) groups is 1. The first-order valence-electron chi connectivity index (χ1n) is 19.3. The Morgan fingerprint density at radius 1 is 0.552 bits per heavy atom. The molecular formula is C40H98N6O6S6. The van der Waals surface area contributed by atoms with Crippen LogP contribution in [0.3, 0.4) is 0 Å². The third-order valence-corrected chi connectivity index (χ3v) is 5.98. The van der Waals surface area contributed by atoms with E-state index in [9.17, 15) is 0 Å². The van der Waals surface area contributed by atoms with Crippen molar-refractivity contribution in [3.63, 3.8) is 0 Å². The molecule has 0 rings (SSSR count). The summed E-state index contributed by atoms with van der Waals surface area (Å²) in [6, 6.07) is 0. The molecule has 6 N–H and O–H groups in total. The summed E-state index contributed by atoms with van der Waals surface area (Å²) in [5.41, 5.74) is 14.0. The molecule has 0 heterocycles. The normalized spacial score (nSPS) is 7.72. The fourth-order valence-electron chi connectivity index (χ4n) is 2.36. The van der Waals surface area contributed by atoms with Crippen LogP contribution in [0.5, 0.6) is 0 Å². The average molecular weight is 952 g/mol. The van der Waals surface area contributed by atoms with Crippen LogP contribution in [0.2, 0.25) is 0 Å². The number of primary amides is 1. The Balaban J connectivity index is -0.0000000428. The summed E-state index contributed by atoms with van der Waals surface area (Å²) in [6.45, 7) is 42.2. The van der Waals surface area contributed by atoms with Gasteiger partial charge < -0.3 is 55.6 Å². The number of amides is 1. The van der Waals surface area contributed by atoms with Gasteiger partial charge in [0.05, 0.1) is 33.0 Å². The number of ether oxygens (including phenoxy) is 5. The van der Waals surface area contributed by atoms with Crippen molar-refractivity contribution in [3.05, 3.63) is 0 Å². The van der Waals surface area contributed by atoms with Gasteiger partial charge in [0.25, 0.3) is 31.1 Å². The Morgan fingerprint density at radius 2 is 0.793 bits per heavy atom. The first-order chi connectivity index (χ1) is 25.7. The molecule has 0 spiro atoms. The monoisotopic (exact) mass is 951 g/mol. The molecule has 0 aliphatic heterocycles. The largest absolute Gasteiger partial charge is 0.475 e. The van der Waals surface area contributed by atoms with E-state index in [1.165, 1.54) is 20.0 Å². The minimum atomic E-state index is -0.639. The number of nitrogens with two attached hydrogens (primary N) is 3. The maximum atomic E-state index is 9.09. The van der Waals surface area contributed by atoms with Gasteiger partial charge >= 0.3 is 0 Å². The van der Waals surface area contributed by atoms with Crippen molar-refractivity contribution in [2.24, 2.45) is 17.2 Å². The molecule has 0 aromatic rings. The third kappa shape index (κ3) is 105. The van der Waals surface area contributed by atoms with Crippen LogP contribution in [0, 0.1) is 0 Å². The first kappa shape index (κ1) is 87.7. The van der Waals surface area contributed by atoms with E-state index in [0.717, 1.165) is 52.3 Å². The second-order valence-electron chi connectivity index (χ2n) is 9.79. The van der Waals surface area contributed by atoms with E-state index in [2.05, 4.69) is 128 Å². The smallest absolute Gasteiger partial charge is 0.273 e. The number of nitrogens with zero attached hydrogens (tertiary/aromatic N) is 3. The molecule has 0 fully saturated rings. The van der Waals surface area contributed by atoms with Gasteiger partial charge in [-0.15, -0.1) is 0 Å². The van der Waals surface area contributed by atoms with Crippen LogP contribution in [0.1, 0.15) is 159 Å². The molecule has 0 aliphatic carbocycles. The highest BCUT2D eigenvalue weighted by atomic mass is 32.1. The minimum absolute atomic E-state index is 0. The highest BCUT2D eigenvalue weighted by Crippen LogP contribution is 1.98. The number of thiocarbonyl (C=S) groups is 5. The van der Waals surface area contributed by atoms with E-state index in [1.807, 2.05) is 56.2 Å². The van der Waals surface area contributed by atoms with E-state index in [0.29, 0.717) is 28.7 Å². The van der Waals surface area contributed by atoms with Crippen LogP contribution < -0.4 is 17.2 Å². The van der Waals surface area contributed by atoms with Gasteiger partial charge in [-0.2, -0.15) is 0 Å². The molecule has 12 nitrogen and oxygen atoms in total. The summed E-state index contributed by atoms with van der Waals surface area (Å²) in [5.74, 6) is 0. The van der Waals surface area contributed by atoms with Crippen LogP contribution in [0.25, 0.3) is 0 Å². The van der Waals surface area contributed by atoms with Gasteiger partial charge in [0.15, 0.2) is 0 Å². The molecule has 0 radical (unpaired) electrons. The zero-order chi connectivity index (χ0) is 45.8. The number of hydrogen-bond acceptors (Lipinski definition) is 11. The van der Waals surface area contributed by atoms with E-state index >= 15 is 0 Å². The van der Waals surface area contributed by atoms with Crippen molar-refractivity contribution in [1.29, 1.82) is 0 Å². The van der Waals surface area contributed by atoms with Crippen LogP contribution in [0.15, 0.2) is 0 Å². The van der Waals surface area contributed by atoms with Crippen LogP contribution in [0.4, 0.5) is 4.79 Å². The summed E-state index contributed by atoms with van der Waals surface area (Å²) in [6.07, 6.45) is 3.70. The lowest BCUT2D eigenvalue weighted by Gasteiger charge is -2.22. The molecule has 0 atom stereocenters. The lowest BCUT2D eigenvalue weighted by atomic mass is 10.5. The quantitative estimate of drug-likeness (QED) is 0.115. The van der Waals surface area contributed by atoms with Crippen LogP contribution in [-0.2, 0) is 23.7 Å². The van der Waals surface area contributed by atoms with E-state index < -0.39 is 5.24 Å². The Kier molecular flexibility index (Phi) is 120. The van der Waals surface area contributed by atoms with Gasteiger partial charge in [-0.3, -0.25) is 4.79 Å². The maximum absolute atomic E-state index is 9.09. The molecule has 0 saturated carbocycles. The zero-order valence-electron chi connectivity index (χ0n) is 38.1. The highest BCUT2D eigenvalue weighted by Gasteiger charge is 2.07. The first-order valence-corrected chi connectivity index (χ1v) is 21.7. The van der Waals surface area contributed by atoms with Crippen molar-refractivity contribution >= 4 is 105 Å². The van der Waals surface area contributed by atoms with Gasteiger partial charge in [0.1, 0.15) is 0 Å². The fraction of sp³-hybridized carbons (Fsp3) is 0.850. The molecule has 360 valence electrons. The second-order valence-corrected chi connectivity index (χ2v) is 12.1. The Morgan fingerprint density at radius 3 is 0.948 bits per heavy atom. The summed E-state index contributed by atoms with van der Waals surface area (Å²) < 4.78 is 24.6. The van der Waals surface area contributed by atoms with Crippen molar-refractivity contribution in [3.8, 4) is 0 Å². The number of carbonyl (C=O) groups excluding carboxylic acids is 1. The number of hydrogen-bond donors (Lipinski definition) is 4. The highest BCUT2D eigenvalue weighted by molar-refractivity contribution is 7.96. The minimum Gasteiger partial charge on any atom is -0.475 e. The molecule has 1 amide bonds. The predicted octanol–water partition coefficient (Wildman–Crippen LogP) is 11.6. The predicted molar refractivity (Wildman–Crippen MR) is 285 cm³/mol. The standard InChI is InChI=1S/2C8H17NOS.C7H15NOS.C3H7NOS.2C3H8.C2H5NOS.C2H6.CH3NOS.3CH4/c1-5-9(6-2)8(11)10-7(3)4;1-4-7-10-8(11)9(5-2)6-3;1-4-8(5-2)7(10)9-6-3;1-2-5-3(4)6;2*1-3-2;1-4-2(3)5;1-2;2-1(3)4;;;/h7H,5-6H2,1-4H3;4-7H2,1-3H3;4-6H2,1-3H3;2H2,1H3,(H2,4,6);2*3H2,1-2H3;1H3,(H2,3,5);1-2H3;(H3,2,3,4);3*1H4. The van der Waals surface area contributed by atoms with Crippen LogP contribution in [-0.4, -0.2) is 118 Å². The topological polar surface area (TPSA) is 151 Å². The number of rotatable bonds is 11. The fourth-order valence-corrected chi connectivity index (χ4v) is 3.65. The SMILES string of the molecule is C.C.C.CC.CCC.CCC.CCCOC(=S)N(CC)CC.CCN(CC)C(=S)OC(C)C.CCOC(=S)N(CC)CC.CCOC(N)=S.COC(N)=S.NC(=O)S. The lowest BCUT2D eigenvalue weighted by Crippen LogP contribution is -2.32. The molecule has 18 heteroatoms. The van der Waals surface area contributed by atoms with Crippen molar-refractivity contribution in [2.75, 3.05) is 66.2 Å². The summed E-state index contributed by atoms with van der Waals surface area (Å²) in [5, 5.41) is 1.44. The second kappa shape index (κ2) is 79.4. The van der Waals surface area contributed by atoms with E-state index in [-0.39, 0.29) is 38.7 Å². The third-order valence-electron chi connectivity index (χ3n) is 4.59. The molecule has 0 aliphatic rings. The molecular weight excluding hydrogens is 853 g/mol. The lowest BCUT2D eigenvalue weighted by molar-refractivity contribution is 0.191. The summed E-state index contributed by atoms with van der Waals surface area (Å²) in [4.78, 5) is 15.2. The summed E-state index contributed by atoms with van der Waals surface area (Å²) in [7, 11) is 1.43. The van der Waals surface area contributed by atoms with Gasteiger partial charge in [-0.1, -0.05) is 96.2 Å². The molecule has 0 aromatic carbocycles. The van der Waals surface area contributed by atoms with Crippen LogP contribution >= 0.6 is 73.7 Å². The van der Waals surface area contributed by atoms with Crippen molar-refractivity contribution < 1.29 is 28.5 Å². The van der Waals surface area contributed by atoms with E-state index in [1.54, 1.807) is 0 Å². The van der Waals surface area contributed by atoms with Gasteiger partial charge in [-0.25, -0.2) is 0 Å². The van der Waals surface area contributed by atoms with Crippen molar-refractivity contribution in [2.45, 2.75) is 165 Å². The molecule has 58 heavy (non-hydrogen) atoms.